The summed E-state index contributed by atoms with van der Waals surface area (Å²) in [6.45, 7) is 1.46. The molecule has 7 nitrogen and oxygen atoms in total. The number of sulfonamides is 1. The fourth-order valence-electron chi connectivity index (χ4n) is 1.59. The first-order valence-electron chi connectivity index (χ1n) is 6.12. The first-order chi connectivity index (χ1) is 9.44. The minimum atomic E-state index is -3.96. The molecule has 1 aliphatic carbocycles. The SMILES string of the molecule is CC(NS(=O)(=O)c1cccnc1C#N)C(=O)NC1CC1. The Hall–Kier alpha value is -1.98. The molecule has 1 aliphatic rings. The summed E-state index contributed by atoms with van der Waals surface area (Å²) in [7, 11) is -3.96. The quantitative estimate of drug-likeness (QED) is 0.787. The molecular formula is C12H14N4O3S. The number of amides is 1. The Morgan fingerprint density at radius 1 is 1.55 bits per heavy atom. The van der Waals surface area contributed by atoms with Crippen molar-refractivity contribution >= 4 is 15.9 Å². The van der Waals surface area contributed by atoms with Gasteiger partial charge in [0.15, 0.2) is 5.69 Å². The zero-order chi connectivity index (χ0) is 14.8. The van der Waals surface area contributed by atoms with Crippen molar-refractivity contribution in [3.05, 3.63) is 24.0 Å². The van der Waals surface area contributed by atoms with Crippen LogP contribution in [0.3, 0.4) is 0 Å². The van der Waals surface area contributed by atoms with Crippen LogP contribution in [0.15, 0.2) is 23.2 Å². The Labute approximate surface area is 117 Å². The number of hydrogen-bond acceptors (Lipinski definition) is 5. The molecule has 1 heterocycles. The molecule has 1 aromatic heterocycles. The van der Waals surface area contributed by atoms with E-state index in [1.54, 1.807) is 6.07 Å². The van der Waals surface area contributed by atoms with Crippen molar-refractivity contribution in [2.24, 2.45) is 0 Å². The Morgan fingerprint density at radius 3 is 2.85 bits per heavy atom. The summed E-state index contributed by atoms with van der Waals surface area (Å²) in [4.78, 5) is 15.2. The van der Waals surface area contributed by atoms with E-state index in [0.717, 1.165) is 12.8 Å². The van der Waals surface area contributed by atoms with Crippen LogP contribution in [0, 0.1) is 11.3 Å². The molecule has 8 heteroatoms. The topological polar surface area (TPSA) is 112 Å². The lowest BCUT2D eigenvalue weighted by molar-refractivity contribution is -0.122. The van der Waals surface area contributed by atoms with Gasteiger partial charge in [-0.05, 0) is 31.9 Å². The molecule has 1 saturated carbocycles. The van der Waals surface area contributed by atoms with E-state index in [-0.39, 0.29) is 22.5 Å². The summed E-state index contributed by atoms with van der Waals surface area (Å²) in [6.07, 6.45) is 3.18. The molecule has 0 spiro atoms. The van der Waals surface area contributed by atoms with E-state index in [4.69, 9.17) is 5.26 Å². The zero-order valence-electron chi connectivity index (χ0n) is 10.8. The fraction of sp³-hybridized carbons (Fsp3) is 0.417. The van der Waals surface area contributed by atoms with Crippen molar-refractivity contribution < 1.29 is 13.2 Å². The minimum Gasteiger partial charge on any atom is -0.352 e. The van der Waals surface area contributed by atoms with Gasteiger partial charge in [-0.2, -0.15) is 9.98 Å². The van der Waals surface area contributed by atoms with Crippen LogP contribution < -0.4 is 10.0 Å². The summed E-state index contributed by atoms with van der Waals surface area (Å²) in [6, 6.07) is 3.66. The lowest BCUT2D eigenvalue weighted by Crippen LogP contribution is -2.45. The molecule has 1 aromatic rings. The molecule has 0 radical (unpaired) electrons. The van der Waals surface area contributed by atoms with Gasteiger partial charge in [0.2, 0.25) is 15.9 Å². The lowest BCUT2D eigenvalue weighted by atomic mass is 10.3. The molecule has 1 amide bonds. The highest BCUT2D eigenvalue weighted by molar-refractivity contribution is 7.89. The second-order valence-corrected chi connectivity index (χ2v) is 6.27. The average molecular weight is 294 g/mol. The number of carbonyl (C=O) groups excluding carboxylic acids is 1. The number of pyridine rings is 1. The molecule has 0 bridgehead atoms. The predicted octanol–water partition coefficient (Wildman–Crippen LogP) is -0.101. The Kier molecular flexibility index (Phi) is 4.01. The number of rotatable bonds is 5. The number of nitrogens with one attached hydrogen (secondary N) is 2. The van der Waals surface area contributed by atoms with E-state index in [1.807, 2.05) is 0 Å². The van der Waals surface area contributed by atoms with Crippen LogP contribution in [0.4, 0.5) is 0 Å². The standard InChI is InChI=1S/C12H14N4O3S/c1-8(12(17)15-9-4-5-9)16-20(18,19)11-3-2-6-14-10(11)7-13/h2-3,6,8-9,16H,4-5H2,1H3,(H,15,17). The monoisotopic (exact) mass is 294 g/mol. The van der Waals surface area contributed by atoms with Crippen molar-refractivity contribution in [3.63, 3.8) is 0 Å². The third-order valence-corrected chi connectivity index (χ3v) is 4.39. The number of aromatic nitrogens is 1. The molecule has 0 aliphatic heterocycles. The first-order valence-corrected chi connectivity index (χ1v) is 7.60. The summed E-state index contributed by atoms with van der Waals surface area (Å²) in [5.41, 5.74) is -0.199. The van der Waals surface area contributed by atoms with Gasteiger partial charge in [-0.1, -0.05) is 0 Å². The molecule has 1 unspecified atom stereocenters. The van der Waals surface area contributed by atoms with Gasteiger partial charge in [-0.3, -0.25) is 4.79 Å². The maximum absolute atomic E-state index is 12.1. The van der Waals surface area contributed by atoms with Crippen molar-refractivity contribution in [3.8, 4) is 6.07 Å². The Morgan fingerprint density at radius 2 is 2.25 bits per heavy atom. The second kappa shape index (κ2) is 5.56. The van der Waals surface area contributed by atoms with Crippen LogP contribution in [0.25, 0.3) is 0 Å². The maximum atomic E-state index is 12.1. The summed E-state index contributed by atoms with van der Waals surface area (Å²) < 4.78 is 26.5. The molecule has 106 valence electrons. The molecule has 1 atom stereocenters. The number of nitriles is 1. The van der Waals surface area contributed by atoms with Crippen molar-refractivity contribution in [1.82, 2.24) is 15.0 Å². The largest absolute Gasteiger partial charge is 0.352 e. The maximum Gasteiger partial charge on any atom is 0.244 e. The van der Waals surface area contributed by atoms with Crippen molar-refractivity contribution in [2.75, 3.05) is 0 Å². The van der Waals surface area contributed by atoms with Crippen LogP contribution in [-0.4, -0.2) is 31.4 Å². The van der Waals surface area contributed by atoms with Gasteiger partial charge in [0.25, 0.3) is 0 Å². The molecular weight excluding hydrogens is 280 g/mol. The van der Waals surface area contributed by atoms with Crippen LogP contribution in [-0.2, 0) is 14.8 Å². The molecule has 20 heavy (non-hydrogen) atoms. The van der Waals surface area contributed by atoms with Crippen LogP contribution >= 0.6 is 0 Å². The highest BCUT2D eigenvalue weighted by Gasteiger charge is 2.29. The highest BCUT2D eigenvalue weighted by Crippen LogP contribution is 2.19. The van der Waals surface area contributed by atoms with Gasteiger partial charge in [-0.15, -0.1) is 0 Å². The molecule has 0 saturated heterocycles. The number of carbonyl (C=O) groups is 1. The Balaban J connectivity index is 2.14. The van der Waals surface area contributed by atoms with Crippen LogP contribution in [0.1, 0.15) is 25.5 Å². The normalized spacial score (nSPS) is 16.2. The van der Waals surface area contributed by atoms with E-state index in [1.165, 1.54) is 25.3 Å². The van der Waals surface area contributed by atoms with Gasteiger partial charge in [-0.25, -0.2) is 13.4 Å². The molecule has 0 aromatic carbocycles. The van der Waals surface area contributed by atoms with E-state index in [2.05, 4.69) is 15.0 Å². The minimum absolute atomic E-state index is 0.155. The number of hydrogen-bond donors (Lipinski definition) is 2. The van der Waals surface area contributed by atoms with Crippen molar-refractivity contribution in [2.45, 2.75) is 36.7 Å². The predicted molar refractivity (Wildman–Crippen MR) is 69.9 cm³/mol. The third-order valence-electron chi connectivity index (χ3n) is 2.82. The van der Waals surface area contributed by atoms with Gasteiger partial charge in [0, 0.05) is 12.2 Å². The fourth-order valence-corrected chi connectivity index (χ4v) is 2.91. The van der Waals surface area contributed by atoms with Gasteiger partial charge in [0.05, 0.1) is 6.04 Å². The van der Waals surface area contributed by atoms with Crippen molar-refractivity contribution in [1.29, 1.82) is 5.26 Å². The lowest BCUT2D eigenvalue weighted by Gasteiger charge is -2.14. The van der Waals surface area contributed by atoms with Gasteiger partial charge in [0.1, 0.15) is 11.0 Å². The third kappa shape index (κ3) is 3.31. The summed E-state index contributed by atoms with van der Waals surface area (Å²) in [5.74, 6) is -0.376. The van der Waals surface area contributed by atoms with Crippen LogP contribution in [0.2, 0.25) is 0 Å². The van der Waals surface area contributed by atoms with Gasteiger partial charge >= 0.3 is 0 Å². The van der Waals surface area contributed by atoms with E-state index in [9.17, 15) is 13.2 Å². The second-order valence-electron chi connectivity index (χ2n) is 4.59. The first kappa shape index (κ1) is 14.4. The smallest absolute Gasteiger partial charge is 0.244 e. The Bertz CT molecular complexity index is 662. The average Bonchev–Trinajstić information content (AvgIpc) is 3.22. The number of nitrogens with zero attached hydrogens (tertiary/aromatic N) is 2. The zero-order valence-corrected chi connectivity index (χ0v) is 11.6. The van der Waals surface area contributed by atoms with E-state index < -0.39 is 16.1 Å². The van der Waals surface area contributed by atoms with Crippen LogP contribution in [0.5, 0.6) is 0 Å². The molecule has 2 rings (SSSR count). The summed E-state index contributed by atoms with van der Waals surface area (Å²) >= 11 is 0. The summed E-state index contributed by atoms with van der Waals surface area (Å²) in [5, 5.41) is 11.6. The van der Waals surface area contributed by atoms with E-state index in [0.29, 0.717) is 0 Å². The molecule has 1 fully saturated rings. The van der Waals surface area contributed by atoms with Gasteiger partial charge < -0.3 is 5.32 Å². The highest BCUT2D eigenvalue weighted by atomic mass is 32.2. The van der Waals surface area contributed by atoms with E-state index >= 15 is 0 Å². The molecule has 2 N–H and O–H groups in total.